The highest BCUT2D eigenvalue weighted by Gasteiger charge is 2.19. The quantitative estimate of drug-likeness (QED) is 0.456. The van der Waals surface area contributed by atoms with Gasteiger partial charge in [-0.1, -0.05) is 41.7 Å². The first-order chi connectivity index (χ1) is 13.6. The Bertz CT molecular complexity index is 975. The lowest BCUT2D eigenvalue weighted by Crippen LogP contribution is -2.12. The van der Waals surface area contributed by atoms with Crippen LogP contribution in [0.5, 0.6) is 5.75 Å². The van der Waals surface area contributed by atoms with E-state index in [2.05, 4.69) is 27.6 Å². The zero-order chi connectivity index (χ0) is 19.9. The average Bonchev–Trinajstić information content (AvgIpc) is 3.15. The molecule has 0 aliphatic carbocycles. The van der Waals surface area contributed by atoms with Gasteiger partial charge in [0.2, 0.25) is 5.13 Å². The highest BCUT2D eigenvalue weighted by Crippen LogP contribution is 2.28. The second-order valence-corrected chi connectivity index (χ2v) is 7.00. The van der Waals surface area contributed by atoms with Crippen LogP contribution in [-0.2, 0) is 12.8 Å². The van der Waals surface area contributed by atoms with E-state index in [1.807, 2.05) is 18.2 Å². The van der Waals surface area contributed by atoms with Crippen molar-refractivity contribution in [1.82, 2.24) is 10.2 Å². The van der Waals surface area contributed by atoms with Crippen molar-refractivity contribution in [3.8, 4) is 5.75 Å². The van der Waals surface area contributed by atoms with Crippen LogP contribution in [0.4, 0.5) is 10.8 Å². The number of hydrogen-bond donors (Lipinski definition) is 1. The first-order valence-electron chi connectivity index (χ1n) is 8.57. The van der Waals surface area contributed by atoms with Gasteiger partial charge in [0.05, 0.1) is 12.0 Å². The van der Waals surface area contributed by atoms with E-state index in [9.17, 15) is 14.9 Å². The molecule has 0 aliphatic heterocycles. The van der Waals surface area contributed by atoms with Crippen LogP contribution in [0.3, 0.4) is 0 Å². The molecule has 0 aliphatic rings. The molecule has 0 radical (unpaired) electrons. The molecule has 1 heterocycles. The van der Waals surface area contributed by atoms with Gasteiger partial charge in [0.15, 0.2) is 5.75 Å². The Labute approximate surface area is 165 Å². The van der Waals surface area contributed by atoms with Gasteiger partial charge in [-0.25, -0.2) is 0 Å². The molecule has 0 spiro atoms. The minimum atomic E-state index is -0.592. The number of aromatic nitrogens is 2. The molecule has 28 heavy (non-hydrogen) atoms. The van der Waals surface area contributed by atoms with Crippen molar-refractivity contribution in [3.05, 3.63) is 74.8 Å². The fourth-order valence-corrected chi connectivity index (χ4v) is 3.41. The molecule has 1 N–H and O–H groups in total. The Morgan fingerprint density at radius 2 is 1.96 bits per heavy atom. The van der Waals surface area contributed by atoms with Crippen LogP contribution in [0.2, 0.25) is 0 Å². The van der Waals surface area contributed by atoms with E-state index in [1.165, 1.54) is 42.2 Å². The van der Waals surface area contributed by atoms with E-state index in [-0.39, 0.29) is 17.0 Å². The van der Waals surface area contributed by atoms with Gasteiger partial charge in [-0.2, -0.15) is 0 Å². The molecule has 3 rings (SSSR count). The smallest absolute Gasteiger partial charge is 0.311 e. The van der Waals surface area contributed by atoms with Gasteiger partial charge in [0.25, 0.3) is 5.91 Å². The van der Waals surface area contributed by atoms with Crippen LogP contribution in [-0.4, -0.2) is 28.1 Å². The third-order valence-electron chi connectivity index (χ3n) is 4.02. The van der Waals surface area contributed by atoms with Gasteiger partial charge in [0.1, 0.15) is 5.01 Å². The summed E-state index contributed by atoms with van der Waals surface area (Å²) in [5.41, 5.74) is 1.14. The second kappa shape index (κ2) is 9.05. The van der Waals surface area contributed by atoms with Crippen molar-refractivity contribution in [2.45, 2.75) is 19.3 Å². The van der Waals surface area contributed by atoms with E-state index in [0.717, 1.165) is 24.3 Å². The topological polar surface area (TPSA) is 107 Å². The molecule has 0 bridgehead atoms. The fourth-order valence-electron chi connectivity index (χ4n) is 2.64. The SMILES string of the molecule is COc1ccc(C(=O)Nc2nnc(CCCc3ccccc3)s2)cc1[N+](=O)[O-]. The maximum atomic E-state index is 12.4. The molecule has 1 amide bonds. The number of anilines is 1. The van der Waals surface area contributed by atoms with Crippen molar-refractivity contribution in [1.29, 1.82) is 0 Å². The van der Waals surface area contributed by atoms with E-state index >= 15 is 0 Å². The van der Waals surface area contributed by atoms with Crippen LogP contribution in [0.25, 0.3) is 0 Å². The minimum absolute atomic E-state index is 0.0955. The zero-order valence-corrected chi connectivity index (χ0v) is 15.9. The van der Waals surface area contributed by atoms with Crippen LogP contribution in [0, 0.1) is 10.1 Å². The number of methoxy groups -OCH3 is 1. The van der Waals surface area contributed by atoms with Gasteiger partial charge in [-0.05, 0) is 30.5 Å². The summed E-state index contributed by atoms with van der Waals surface area (Å²) in [7, 11) is 1.34. The first kappa shape index (κ1) is 19.4. The summed E-state index contributed by atoms with van der Waals surface area (Å²) in [5, 5.41) is 23.0. The zero-order valence-electron chi connectivity index (χ0n) is 15.1. The third-order valence-corrected chi connectivity index (χ3v) is 4.92. The Kier molecular flexibility index (Phi) is 6.28. The van der Waals surface area contributed by atoms with Gasteiger partial charge < -0.3 is 4.74 Å². The molecule has 0 unspecified atom stereocenters. The largest absolute Gasteiger partial charge is 0.490 e. The maximum absolute atomic E-state index is 12.4. The second-order valence-electron chi connectivity index (χ2n) is 5.94. The average molecular weight is 398 g/mol. The molecule has 0 saturated carbocycles. The van der Waals surface area contributed by atoms with Crippen molar-refractivity contribution in [3.63, 3.8) is 0 Å². The van der Waals surface area contributed by atoms with Crippen LogP contribution in [0.15, 0.2) is 48.5 Å². The van der Waals surface area contributed by atoms with E-state index in [1.54, 1.807) is 0 Å². The molecule has 8 nitrogen and oxygen atoms in total. The molecule has 0 saturated heterocycles. The Morgan fingerprint density at radius 3 is 2.68 bits per heavy atom. The van der Waals surface area contributed by atoms with E-state index in [4.69, 9.17) is 4.74 Å². The van der Waals surface area contributed by atoms with Gasteiger partial charge in [0, 0.05) is 18.1 Å². The number of carbonyl (C=O) groups excluding carboxylic acids is 1. The molecule has 2 aromatic carbocycles. The number of amides is 1. The van der Waals surface area contributed by atoms with Gasteiger partial charge >= 0.3 is 5.69 Å². The number of nitro groups is 1. The summed E-state index contributed by atoms with van der Waals surface area (Å²) >= 11 is 1.30. The first-order valence-corrected chi connectivity index (χ1v) is 9.38. The standard InChI is InChI=1S/C19H18N4O4S/c1-27-16-11-10-14(12-15(16)23(25)26)18(24)20-19-22-21-17(28-19)9-5-8-13-6-3-2-4-7-13/h2-4,6-7,10-12H,5,8-9H2,1H3,(H,20,22,24). The van der Waals surface area contributed by atoms with E-state index in [0.29, 0.717) is 5.13 Å². The highest BCUT2D eigenvalue weighted by atomic mass is 32.1. The molecule has 144 valence electrons. The Balaban J connectivity index is 1.59. The summed E-state index contributed by atoms with van der Waals surface area (Å²) in [6.07, 6.45) is 2.63. The number of hydrogen-bond acceptors (Lipinski definition) is 7. The number of aryl methyl sites for hydroxylation is 2. The summed E-state index contributed by atoms with van der Waals surface area (Å²) in [6, 6.07) is 14.2. The number of nitrogens with one attached hydrogen (secondary N) is 1. The minimum Gasteiger partial charge on any atom is -0.490 e. The number of nitrogens with zero attached hydrogens (tertiary/aromatic N) is 3. The third kappa shape index (κ3) is 4.89. The number of ether oxygens (including phenoxy) is 1. The maximum Gasteiger partial charge on any atom is 0.311 e. The van der Waals surface area contributed by atoms with Crippen LogP contribution < -0.4 is 10.1 Å². The summed E-state index contributed by atoms with van der Waals surface area (Å²) < 4.78 is 4.94. The van der Waals surface area contributed by atoms with Crippen molar-refractivity contribution in [2.75, 3.05) is 12.4 Å². The Hall–Kier alpha value is -3.33. The fraction of sp³-hybridized carbons (Fsp3) is 0.211. The van der Waals surface area contributed by atoms with Gasteiger partial charge in [-0.3, -0.25) is 20.2 Å². The summed E-state index contributed by atoms with van der Waals surface area (Å²) in [6.45, 7) is 0. The molecule has 0 fully saturated rings. The summed E-state index contributed by atoms with van der Waals surface area (Å²) in [4.78, 5) is 22.9. The number of carbonyl (C=O) groups is 1. The molecule has 9 heteroatoms. The molecule has 1 aromatic heterocycles. The van der Waals surface area contributed by atoms with Crippen molar-refractivity contribution in [2.24, 2.45) is 0 Å². The van der Waals surface area contributed by atoms with E-state index < -0.39 is 10.8 Å². The Morgan fingerprint density at radius 1 is 1.18 bits per heavy atom. The predicted octanol–water partition coefficient (Wildman–Crippen LogP) is 3.88. The van der Waals surface area contributed by atoms with Crippen molar-refractivity contribution >= 4 is 28.1 Å². The lowest BCUT2D eigenvalue weighted by molar-refractivity contribution is -0.385. The van der Waals surface area contributed by atoms with Gasteiger partial charge in [-0.15, -0.1) is 10.2 Å². The highest BCUT2D eigenvalue weighted by molar-refractivity contribution is 7.15. The van der Waals surface area contributed by atoms with Crippen molar-refractivity contribution < 1.29 is 14.5 Å². The normalized spacial score (nSPS) is 10.5. The lowest BCUT2D eigenvalue weighted by atomic mass is 10.1. The molecular weight excluding hydrogens is 380 g/mol. The molecular formula is C19H18N4O4S. The molecule has 0 atom stereocenters. The van der Waals surface area contributed by atoms with Crippen LogP contribution >= 0.6 is 11.3 Å². The monoisotopic (exact) mass is 398 g/mol. The summed E-state index contributed by atoms with van der Waals surface area (Å²) in [5.74, 6) is -0.393. The lowest BCUT2D eigenvalue weighted by Gasteiger charge is -2.04. The predicted molar refractivity (Wildman–Crippen MR) is 106 cm³/mol. The molecule has 3 aromatic rings. The number of nitro benzene ring substituents is 1. The number of benzene rings is 2. The number of rotatable bonds is 8. The van der Waals surface area contributed by atoms with Crippen LogP contribution in [0.1, 0.15) is 27.3 Å².